The van der Waals surface area contributed by atoms with Gasteiger partial charge in [-0.25, -0.2) is 0 Å². The molecule has 0 heterocycles. The largest absolute Gasteiger partial charge is 0.480 e. The van der Waals surface area contributed by atoms with Crippen molar-refractivity contribution in [3.8, 4) is 6.07 Å². The molecule has 0 saturated carbocycles. The van der Waals surface area contributed by atoms with Gasteiger partial charge in [0.15, 0.2) is 0 Å². The van der Waals surface area contributed by atoms with E-state index in [1.54, 1.807) is 24.3 Å². The van der Waals surface area contributed by atoms with Crippen molar-refractivity contribution in [1.82, 2.24) is 4.90 Å². The van der Waals surface area contributed by atoms with Crippen molar-refractivity contribution in [2.75, 3.05) is 26.8 Å². The quantitative estimate of drug-likeness (QED) is 0.799. The van der Waals surface area contributed by atoms with Gasteiger partial charge in [-0.1, -0.05) is 12.1 Å². The van der Waals surface area contributed by atoms with Crippen molar-refractivity contribution in [2.45, 2.75) is 6.42 Å². The molecule has 0 atom stereocenters. The predicted molar refractivity (Wildman–Crippen MR) is 71.2 cm³/mol. The van der Waals surface area contributed by atoms with Crippen molar-refractivity contribution in [1.29, 1.82) is 5.26 Å². The molecule has 6 heteroatoms. The first-order valence-electron chi connectivity index (χ1n) is 6.04. The number of rotatable bonds is 7. The minimum Gasteiger partial charge on any atom is -0.480 e. The molecule has 0 bridgehead atoms. The molecule has 0 saturated heterocycles. The first-order valence-corrected chi connectivity index (χ1v) is 6.04. The van der Waals surface area contributed by atoms with Crippen LogP contribution in [-0.2, 0) is 16.0 Å². The number of carboxylic acids is 1. The minimum atomic E-state index is -1.08. The summed E-state index contributed by atoms with van der Waals surface area (Å²) >= 11 is 0. The second-order valence-electron chi connectivity index (χ2n) is 4.15. The molecule has 0 aliphatic rings. The van der Waals surface area contributed by atoms with Gasteiger partial charge in [-0.2, -0.15) is 5.26 Å². The third kappa shape index (κ3) is 4.71. The van der Waals surface area contributed by atoms with Crippen LogP contribution in [0.1, 0.15) is 15.9 Å². The number of amides is 1. The molecule has 1 aromatic rings. The number of aliphatic carboxylic acids is 1. The first-order chi connectivity index (χ1) is 9.58. The second kappa shape index (κ2) is 7.92. The summed E-state index contributed by atoms with van der Waals surface area (Å²) in [6, 6.07) is 8.64. The highest BCUT2D eigenvalue weighted by Crippen LogP contribution is 2.09. The van der Waals surface area contributed by atoms with E-state index in [9.17, 15) is 9.59 Å². The van der Waals surface area contributed by atoms with Gasteiger partial charge in [-0.15, -0.1) is 0 Å². The number of carboxylic acid groups (broad SMARTS) is 1. The lowest BCUT2D eigenvalue weighted by molar-refractivity contribution is -0.137. The van der Waals surface area contributed by atoms with Crippen LogP contribution in [0.25, 0.3) is 0 Å². The first kappa shape index (κ1) is 15.7. The Bertz CT molecular complexity index is 522. The summed E-state index contributed by atoms with van der Waals surface area (Å²) < 4.78 is 4.87. The lowest BCUT2D eigenvalue weighted by atomic mass is 10.1. The zero-order valence-corrected chi connectivity index (χ0v) is 11.2. The summed E-state index contributed by atoms with van der Waals surface area (Å²) in [4.78, 5) is 24.3. The van der Waals surface area contributed by atoms with Crippen LogP contribution >= 0.6 is 0 Å². The molecule has 1 aromatic carbocycles. The van der Waals surface area contributed by atoms with Crippen LogP contribution in [0.2, 0.25) is 0 Å². The lowest BCUT2D eigenvalue weighted by Crippen LogP contribution is -2.38. The number of nitriles is 1. The predicted octanol–water partition coefficient (Wildman–Crippen LogP) is 0.926. The summed E-state index contributed by atoms with van der Waals surface area (Å²) in [6.07, 6.45) is 0.206. The molecule has 0 spiro atoms. The number of hydrogen-bond donors (Lipinski definition) is 1. The summed E-state index contributed by atoms with van der Waals surface area (Å²) in [7, 11) is 1.48. The molecule has 0 aliphatic heterocycles. The Kier molecular flexibility index (Phi) is 6.20. The summed E-state index contributed by atoms with van der Waals surface area (Å²) in [5.41, 5.74) is 1.09. The van der Waals surface area contributed by atoms with Gasteiger partial charge in [-0.05, 0) is 17.7 Å². The van der Waals surface area contributed by atoms with E-state index in [1.165, 1.54) is 12.0 Å². The minimum absolute atomic E-state index is 0.199. The maximum absolute atomic E-state index is 12.3. The Morgan fingerprint density at radius 2 is 2.20 bits per heavy atom. The number of hydrogen-bond acceptors (Lipinski definition) is 4. The van der Waals surface area contributed by atoms with Gasteiger partial charge in [0.2, 0.25) is 0 Å². The highest BCUT2D eigenvalue weighted by atomic mass is 16.5. The fraction of sp³-hybridized carbons (Fsp3) is 0.357. The monoisotopic (exact) mass is 276 g/mol. The Hall–Kier alpha value is -2.39. The van der Waals surface area contributed by atoms with Crippen molar-refractivity contribution < 1.29 is 19.4 Å². The van der Waals surface area contributed by atoms with Gasteiger partial charge in [0.05, 0.1) is 19.1 Å². The summed E-state index contributed by atoms with van der Waals surface area (Å²) in [5.74, 6) is -1.47. The zero-order valence-electron chi connectivity index (χ0n) is 11.2. The molecule has 106 valence electrons. The van der Waals surface area contributed by atoms with Crippen LogP contribution in [0.4, 0.5) is 0 Å². The molecule has 0 aliphatic carbocycles. The average Bonchev–Trinajstić information content (AvgIpc) is 2.43. The molecule has 1 amide bonds. The molecule has 20 heavy (non-hydrogen) atoms. The SMILES string of the molecule is COCCN(CC(=O)O)C(=O)c1cccc(CC#N)c1. The normalized spacial score (nSPS) is 9.80. The number of carbonyl (C=O) groups is 2. The van der Waals surface area contributed by atoms with Gasteiger partial charge in [-0.3, -0.25) is 9.59 Å². The fourth-order valence-corrected chi connectivity index (χ4v) is 1.71. The van der Waals surface area contributed by atoms with Crippen LogP contribution in [-0.4, -0.2) is 48.7 Å². The van der Waals surface area contributed by atoms with Gasteiger partial charge in [0.1, 0.15) is 6.54 Å². The standard InChI is InChI=1S/C14H16N2O4/c1-20-8-7-16(10-13(17)18)14(19)12-4-2-3-11(9-12)5-6-15/h2-4,9H,5,7-8,10H2,1H3,(H,17,18). The zero-order chi connectivity index (χ0) is 15.0. The maximum atomic E-state index is 12.3. The van der Waals surface area contributed by atoms with E-state index in [4.69, 9.17) is 15.1 Å². The average molecular weight is 276 g/mol. The highest BCUT2D eigenvalue weighted by Gasteiger charge is 2.18. The van der Waals surface area contributed by atoms with Crippen molar-refractivity contribution in [2.24, 2.45) is 0 Å². The lowest BCUT2D eigenvalue weighted by Gasteiger charge is -2.20. The number of ether oxygens (including phenoxy) is 1. The fourth-order valence-electron chi connectivity index (χ4n) is 1.71. The molecule has 1 rings (SSSR count). The second-order valence-corrected chi connectivity index (χ2v) is 4.15. The Balaban J connectivity index is 2.90. The third-order valence-electron chi connectivity index (χ3n) is 2.64. The number of carbonyl (C=O) groups excluding carboxylic acids is 1. The smallest absolute Gasteiger partial charge is 0.323 e. The molecule has 1 N–H and O–H groups in total. The van der Waals surface area contributed by atoms with Crippen LogP contribution in [0.3, 0.4) is 0 Å². The summed E-state index contributed by atoms with van der Waals surface area (Å²) in [6.45, 7) is 0.0751. The van der Waals surface area contributed by atoms with E-state index in [0.717, 1.165) is 5.56 Å². The van der Waals surface area contributed by atoms with E-state index in [0.29, 0.717) is 5.56 Å². The van der Waals surface area contributed by atoms with Crippen LogP contribution in [0.5, 0.6) is 0 Å². The van der Waals surface area contributed by atoms with E-state index in [2.05, 4.69) is 0 Å². The molecule has 0 aromatic heterocycles. The molecule has 6 nitrogen and oxygen atoms in total. The van der Waals surface area contributed by atoms with E-state index < -0.39 is 5.97 Å². The molecule has 0 fully saturated rings. The number of benzene rings is 1. The Labute approximate surface area is 117 Å². The highest BCUT2D eigenvalue weighted by molar-refractivity contribution is 5.96. The van der Waals surface area contributed by atoms with Gasteiger partial charge < -0.3 is 14.7 Å². The van der Waals surface area contributed by atoms with Crippen molar-refractivity contribution in [3.63, 3.8) is 0 Å². The van der Waals surface area contributed by atoms with Gasteiger partial charge >= 0.3 is 5.97 Å². The van der Waals surface area contributed by atoms with Crippen molar-refractivity contribution in [3.05, 3.63) is 35.4 Å². The molecule has 0 unspecified atom stereocenters. The van der Waals surface area contributed by atoms with E-state index in [1.807, 2.05) is 6.07 Å². The molecular formula is C14H16N2O4. The third-order valence-corrected chi connectivity index (χ3v) is 2.64. The van der Waals surface area contributed by atoms with E-state index >= 15 is 0 Å². The van der Waals surface area contributed by atoms with Crippen LogP contribution < -0.4 is 0 Å². The molecular weight excluding hydrogens is 260 g/mol. The Morgan fingerprint density at radius 1 is 1.45 bits per heavy atom. The number of methoxy groups -OCH3 is 1. The van der Waals surface area contributed by atoms with Gasteiger partial charge in [0.25, 0.3) is 5.91 Å². The molecule has 0 radical (unpaired) electrons. The van der Waals surface area contributed by atoms with Gasteiger partial charge in [0, 0.05) is 19.2 Å². The topological polar surface area (TPSA) is 90.6 Å². The Morgan fingerprint density at radius 3 is 2.80 bits per heavy atom. The van der Waals surface area contributed by atoms with Crippen LogP contribution in [0, 0.1) is 11.3 Å². The maximum Gasteiger partial charge on any atom is 0.323 e. The number of nitrogens with zero attached hydrogens (tertiary/aromatic N) is 2. The van der Waals surface area contributed by atoms with Crippen molar-refractivity contribution >= 4 is 11.9 Å². The summed E-state index contributed by atoms with van der Waals surface area (Å²) in [5, 5.41) is 17.5. The van der Waals surface area contributed by atoms with Crippen LogP contribution in [0.15, 0.2) is 24.3 Å². The van der Waals surface area contributed by atoms with E-state index in [-0.39, 0.29) is 32.0 Å².